The van der Waals surface area contributed by atoms with E-state index in [0.717, 1.165) is 11.5 Å². The molecule has 0 N–H and O–H groups in total. The van der Waals surface area contributed by atoms with Gasteiger partial charge in [0, 0.05) is 0 Å². The van der Waals surface area contributed by atoms with Crippen LogP contribution in [0.3, 0.4) is 0 Å². The Bertz CT molecular complexity index is 1050. The average Bonchev–Trinajstić information content (AvgIpc) is 2.98. The summed E-state index contributed by atoms with van der Waals surface area (Å²) < 4.78 is 7.38. The maximum absolute atomic E-state index is 6.11. The van der Waals surface area contributed by atoms with Crippen molar-refractivity contribution in [1.29, 1.82) is 0 Å². The molecule has 0 spiro atoms. The van der Waals surface area contributed by atoms with Gasteiger partial charge in [-0.15, -0.1) is 0 Å². The molecule has 0 aromatic heterocycles. The summed E-state index contributed by atoms with van der Waals surface area (Å²) in [4.78, 5) is 4.92. The topological polar surface area (TPSA) is 21.6 Å². The van der Waals surface area contributed by atoms with E-state index < -0.39 is 0 Å². The molecule has 1 aliphatic heterocycles. The molecule has 0 atom stereocenters. The van der Waals surface area contributed by atoms with Gasteiger partial charge < -0.3 is 0 Å². The van der Waals surface area contributed by atoms with Gasteiger partial charge in [0.2, 0.25) is 0 Å². The van der Waals surface area contributed by atoms with Gasteiger partial charge in [-0.2, -0.15) is 0 Å². The maximum atomic E-state index is 6.11. The second-order valence-corrected chi connectivity index (χ2v) is 10.7. The molecule has 1 heterocycles. The zero-order chi connectivity index (χ0) is 19.2. The third kappa shape index (κ3) is 3.59. The third-order valence-electron chi connectivity index (χ3n) is 4.79. The normalized spacial score (nSPS) is 15.7. The van der Waals surface area contributed by atoms with Crippen molar-refractivity contribution in [3.05, 3.63) is 65.2 Å². The Morgan fingerprint density at radius 1 is 1.00 bits per heavy atom. The molecule has 0 saturated carbocycles. The van der Waals surface area contributed by atoms with E-state index in [9.17, 15) is 0 Å². The predicted octanol–water partition coefficient (Wildman–Crippen LogP) is 5.32. The molecule has 0 amide bonds. The number of fused-ring (bicyclic) bond motifs is 1. The van der Waals surface area contributed by atoms with Gasteiger partial charge in [0.1, 0.15) is 0 Å². The van der Waals surface area contributed by atoms with Crippen LogP contribution in [0.15, 0.2) is 53.5 Å². The van der Waals surface area contributed by atoms with Crippen molar-refractivity contribution < 1.29 is 4.74 Å². The van der Waals surface area contributed by atoms with Crippen molar-refractivity contribution in [2.24, 2.45) is 4.99 Å². The second-order valence-electron chi connectivity index (χ2n) is 7.82. The molecule has 3 aromatic rings. The van der Waals surface area contributed by atoms with E-state index in [4.69, 9.17) is 9.73 Å². The van der Waals surface area contributed by atoms with Crippen molar-refractivity contribution in [2.75, 3.05) is 6.61 Å². The number of aryl methyl sites for hydroxylation is 2. The molecule has 0 radical (unpaired) electrons. The van der Waals surface area contributed by atoms with Gasteiger partial charge in [-0.25, -0.2) is 0 Å². The molecule has 4 heteroatoms. The molecule has 2 nitrogen and oxygen atoms in total. The summed E-state index contributed by atoms with van der Waals surface area (Å²) in [6, 6.07) is 17.6. The summed E-state index contributed by atoms with van der Waals surface area (Å²) in [5.74, 6) is 0.774. The van der Waals surface area contributed by atoms with Crippen LogP contribution < -0.4 is 4.46 Å². The number of nitrogens with zero attached hydrogens (tertiary/aromatic N) is 1. The van der Waals surface area contributed by atoms with E-state index in [2.05, 4.69) is 90.3 Å². The quantitative estimate of drug-likeness (QED) is 0.459. The fraction of sp³-hybridized carbons (Fsp3) is 0.261. The summed E-state index contributed by atoms with van der Waals surface area (Å²) in [6.07, 6.45) is 0. The molecule has 1 aliphatic rings. The Morgan fingerprint density at radius 2 is 1.70 bits per heavy atom. The van der Waals surface area contributed by atoms with Crippen molar-refractivity contribution in [1.82, 2.24) is 0 Å². The molecule has 138 valence electrons. The molecule has 3 aromatic carbocycles. The fourth-order valence-corrected chi connectivity index (χ4v) is 5.97. The Morgan fingerprint density at radius 3 is 2.33 bits per heavy atom. The Labute approximate surface area is 173 Å². The van der Waals surface area contributed by atoms with Crippen LogP contribution in [0, 0.1) is 13.8 Å². The standard InChI is InChI=1S/C23H22BrNOSe/c1-14-9-15(2)11-17(10-14)20-18-8-6-5-7-16(18)12-19(27-24)21(20)22-25-23(3,4)13-26-22/h5-12H,13H2,1-4H3. The monoisotopic (exact) mass is 487 g/mol. The van der Waals surface area contributed by atoms with Crippen LogP contribution in [0.2, 0.25) is 0 Å². The minimum atomic E-state index is -0.183. The molecule has 0 saturated heterocycles. The fourth-order valence-electron chi connectivity index (χ4n) is 3.73. The molecule has 4 rings (SSSR count). The minimum absolute atomic E-state index is 0.151. The predicted molar refractivity (Wildman–Crippen MR) is 120 cm³/mol. The van der Waals surface area contributed by atoms with Crippen LogP contribution in [-0.2, 0) is 4.74 Å². The molecular weight excluding hydrogens is 465 g/mol. The van der Waals surface area contributed by atoms with Gasteiger partial charge in [0.15, 0.2) is 0 Å². The number of aliphatic imine (C=N–C) groups is 1. The van der Waals surface area contributed by atoms with E-state index >= 15 is 0 Å². The van der Waals surface area contributed by atoms with Crippen molar-refractivity contribution in [3.63, 3.8) is 0 Å². The average molecular weight is 487 g/mol. The Kier molecular flexibility index (Phi) is 4.92. The van der Waals surface area contributed by atoms with Gasteiger partial charge in [-0.1, -0.05) is 0 Å². The first-order valence-corrected chi connectivity index (χ1v) is 13.9. The summed E-state index contributed by atoms with van der Waals surface area (Å²) in [7, 11) is 0. The Balaban J connectivity index is 2.12. The van der Waals surface area contributed by atoms with Crippen molar-refractivity contribution in [2.45, 2.75) is 33.2 Å². The van der Waals surface area contributed by atoms with E-state index in [1.165, 1.54) is 37.5 Å². The zero-order valence-corrected chi connectivity index (χ0v) is 19.3. The molecule has 0 bridgehead atoms. The molecule has 27 heavy (non-hydrogen) atoms. The first-order chi connectivity index (χ1) is 12.9. The van der Waals surface area contributed by atoms with Crippen LogP contribution in [0.5, 0.6) is 0 Å². The number of ether oxygens (including phenoxy) is 1. The summed E-state index contributed by atoms with van der Waals surface area (Å²) in [6.45, 7) is 9.18. The summed E-state index contributed by atoms with van der Waals surface area (Å²) in [5.41, 5.74) is 5.95. The number of hydrogen-bond donors (Lipinski definition) is 0. The first-order valence-electron chi connectivity index (χ1n) is 9.04. The van der Waals surface area contributed by atoms with Crippen LogP contribution in [0.4, 0.5) is 0 Å². The van der Waals surface area contributed by atoms with Crippen LogP contribution >= 0.6 is 14.1 Å². The zero-order valence-electron chi connectivity index (χ0n) is 16.0. The van der Waals surface area contributed by atoms with Crippen LogP contribution in [-0.4, -0.2) is 31.2 Å². The number of benzene rings is 3. The molecular formula is C23H22BrNOSe. The van der Waals surface area contributed by atoms with Crippen LogP contribution in [0.25, 0.3) is 21.9 Å². The van der Waals surface area contributed by atoms with Gasteiger partial charge in [-0.3, -0.25) is 0 Å². The van der Waals surface area contributed by atoms with E-state index in [0.29, 0.717) is 6.61 Å². The number of halogens is 1. The second kappa shape index (κ2) is 7.09. The summed E-state index contributed by atoms with van der Waals surface area (Å²) >= 11 is 3.91. The van der Waals surface area contributed by atoms with E-state index in [1.54, 1.807) is 0 Å². The van der Waals surface area contributed by atoms with E-state index in [-0.39, 0.29) is 18.7 Å². The van der Waals surface area contributed by atoms with Crippen molar-refractivity contribution >= 4 is 48.4 Å². The summed E-state index contributed by atoms with van der Waals surface area (Å²) in [5, 5.41) is 2.50. The third-order valence-corrected chi connectivity index (χ3v) is 7.62. The number of hydrogen-bond acceptors (Lipinski definition) is 2. The first kappa shape index (κ1) is 18.7. The SMILES string of the molecule is Cc1cc(C)cc(-c2c(C3=NC(C)(C)CO3)c([Se]Br)cc3ccccc23)c1. The van der Waals surface area contributed by atoms with E-state index in [1.807, 2.05) is 0 Å². The van der Waals surface area contributed by atoms with Crippen molar-refractivity contribution in [3.8, 4) is 11.1 Å². The van der Waals surface area contributed by atoms with Gasteiger partial charge in [-0.05, 0) is 0 Å². The van der Waals surface area contributed by atoms with Gasteiger partial charge in [0.05, 0.1) is 0 Å². The Hall–Kier alpha value is -1.61. The van der Waals surface area contributed by atoms with Gasteiger partial charge >= 0.3 is 174 Å². The van der Waals surface area contributed by atoms with Gasteiger partial charge in [0.25, 0.3) is 0 Å². The number of rotatable bonds is 3. The molecule has 0 fully saturated rings. The van der Waals surface area contributed by atoms with Crippen LogP contribution in [0.1, 0.15) is 30.5 Å². The molecule has 0 aliphatic carbocycles. The molecule has 0 unspecified atom stereocenters.